The summed E-state index contributed by atoms with van der Waals surface area (Å²) in [5.74, 6) is -0.0480. The van der Waals surface area contributed by atoms with Gasteiger partial charge in [0.15, 0.2) is 5.43 Å². The second-order valence-electron chi connectivity index (χ2n) is 4.95. The summed E-state index contributed by atoms with van der Waals surface area (Å²) in [4.78, 5) is 26.3. The molecule has 1 aromatic heterocycles. The highest BCUT2D eigenvalue weighted by molar-refractivity contribution is 8.04. The largest absolute Gasteiger partial charge is 0.463 e. The van der Waals surface area contributed by atoms with Gasteiger partial charge in [-0.25, -0.2) is 0 Å². The highest BCUT2D eigenvalue weighted by atomic mass is 32.2. The molecule has 0 saturated carbocycles. The Morgan fingerprint density at radius 3 is 2.59 bits per heavy atom. The first-order valence-corrected chi connectivity index (χ1v) is 7.59. The molecule has 4 heteroatoms. The average molecular weight is 306 g/mol. The van der Waals surface area contributed by atoms with E-state index in [-0.39, 0.29) is 11.2 Å². The Morgan fingerprint density at radius 1 is 0.955 bits per heavy atom. The normalized spacial score (nSPS) is 15.5. The van der Waals surface area contributed by atoms with Crippen LogP contribution in [0.1, 0.15) is 15.9 Å². The van der Waals surface area contributed by atoms with Gasteiger partial charge in [-0.3, -0.25) is 9.59 Å². The summed E-state index contributed by atoms with van der Waals surface area (Å²) in [6.07, 6.45) is 3.03. The van der Waals surface area contributed by atoms with Crippen molar-refractivity contribution in [2.24, 2.45) is 0 Å². The lowest BCUT2D eigenvalue weighted by atomic mass is 10.1. The lowest BCUT2D eigenvalue weighted by molar-refractivity contribution is 0.104. The quantitative estimate of drug-likeness (QED) is 0.634. The molecule has 2 aromatic carbocycles. The molecule has 0 N–H and O–H groups in total. The first-order chi connectivity index (χ1) is 10.7. The monoisotopic (exact) mass is 306 g/mol. The highest BCUT2D eigenvalue weighted by Crippen LogP contribution is 2.40. The van der Waals surface area contributed by atoms with Crippen LogP contribution in [-0.2, 0) is 0 Å². The molecule has 3 aromatic rings. The van der Waals surface area contributed by atoms with Gasteiger partial charge in [-0.05, 0) is 30.3 Å². The van der Waals surface area contributed by atoms with E-state index in [0.717, 1.165) is 4.90 Å². The van der Waals surface area contributed by atoms with Crippen molar-refractivity contribution in [1.82, 2.24) is 0 Å². The molecule has 1 aliphatic heterocycles. The van der Waals surface area contributed by atoms with Gasteiger partial charge in [0.25, 0.3) is 0 Å². The van der Waals surface area contributed by atoms with E-state index in [1.54, 1.807) is 30.3 Å². The standard InChI is InChI=1S/C18H10O3S/c19-17-11(10-21-14-7-3-1-5-12(14)17)9-16-18(20)13-6-2-4-8-15(13)22-16/h1-10H. The van der Waals surface area contributed by atoms with Gasteiger partial charge in [0, 0.05) is 10.5 Å². The number of thioether (sulfide) groups is 1. The topological polar surface area (TPSA) is 47.3 Å². The minimum absolute atomic E-state index is 0.0480. The van der Waals surface area contributed by atoms with E-state index in [1.807, 2.05) is 24.3 Å². The zero-order valence-electron chi connectivity index (χ0n) is 11.4. The summed E-state index contributed by atoms with van der Waals surface area (Å²) < 4.78 is 5.48. The van der Waals surface area contributed by atoms with E-state index in [0.29, 0.717) is 27.0 Å². The molecular formula is C18H10O3S. The Hall–Kier alpha value is -2.59. The Balaban J connectivity index is 1.84. The number of rotatable bonds is 1. The molecule has 1 aliphatic rings. The van der Waals surface area contributed by atoms with Gasteiger partial charge in [0.05, 0.1) is 15.9 Å². The number of ketones is 1. The van der Waals surface area contributed by atoms with Crippen LogP contribution in [0.3, 0.4) is 0 Å². The fourth-order valence-corrected chi connectivity index (χ4v) is 3.51. The Kier molecular flexibility index (Phi) is 2.98. The van der Waals surface area contributed by atoms with Gasteiger partial charge in [-0.1, -0.05) is 36.0 Å². The maximum absolute atomic E-state index is 12.5. The fraction of sp³-hybridized carbons (Fsp3) is 0. The molecule has 0 fully saturated rings. The zero-order valence-corrected chi connectivity index (χ0v) is 12.2. The molecule has 0 amide bonds. The smallest absolute Gasteiger partial charge is 0.200 e. The van der Waals surface area contributed by atoms with Crippen LogP contribution in [0.4, 0.5) is 0 Å². The van der Waals surface area contributed by atoms with E-state index >= 15 is 0 Å². The molecule has 0 bridgehead atoms. The summed E-state index contributed by atoms with van der Waals surface area (Å²) >= 11 is 1.38. The van der Waals surface area contributed by atoms with E-state index in [4.69, 9.17) is 4.42 Å². The molecule has 0 radical (unpaired) electrons. The molecule has 0 saturated heterocycles. The van der Waals surface area contributed by atoms with Gasteiger partial charge in [0.2, 0.25) is 5.78 Å². The summed E-state index contributed by atoms with van der Waals surface area (Å²) in [6, 6.07) is 14.5. The molecule has 0 unspecified atom stereocenters. The van der Waals surface area contributed by atoms with Crippen LogP contribution in [0, 0.1) is 0 Å². The lowest BCUT2D eigenvalue weighted by Gasteiger charge is -1.99. The van der Waals surface area contributed by atoms with Crippen molar-refractivity contribution in [3.63, 3.8) is 0 Å². The first kappa shape index (κ1) is 13.1. The van der Waals surface area contributed by atoms with Crippen molar-refractivity contribution < 1.29 is 9.21 Å². The molecular weight excluding hydrogens is 296 g/mol. The van der Waals surface area contributed by atoms with Crippen molar-refractivity contribution in [2.75, 3.05) is 0 Å². The molecule has 0 spiro atoms. The van der Waals surface area contributed by atoms with Crippen LogP contribution in [0.25, 0.3) is 17.0 Å². The number of carbonyl (C=O) groups is 1. The predicted molar refractivity (Wildman–Crippen MR) is 87.1 cm³/mol. The van der Waals surface area contributed by atoms with Crippen LogP contribution in [0.15, 0.2) is 73.8 Å². The van der Waals surface area contributed by atoms with Gasteiger partial charge in [0.1, 0.15) is 11.8 Å². The van der Waals surface area contributed by atoms with Gasteiger partial charge in [-0.15, -0.1) is 0 Å². The molecule has 0 aliphatic carbocycles. The number of para-hydroxylation sites is 1. The molecule has 0 atom stereocenters. The van der Waals surface area contributed by atoms with Crippen molar-refractivity contribution in [1.29, 1.82) is 0 Å². The minimum atomic E-state index is -0.126. The van der Waals surface area contributed by atoms with Crippen LogP contribution >= 0.6 is 11.8 Å². The number of carbonyl (C=O) groups excluding carboxylic acids is 1. The van der Waals surface area contributed by atoms with Gasteiger partial charge >= 0.3 is 0 Å². The third-order valence-electron chi connectivity index (χ3n) is 3.57. The van der Waals surface area contributed by atoms with Crippen LogP contribution in [0.5, 0.6) is 0 Å². The SMILES string of the molecule is O=C1C(=Cc2coc3ccccc3c2=O)Sc2ccccc21. The number of allylic oxidation sites excluding steroid dienone is 1. The number of hydrogen-bond donors (Lipinski definition) is 0. The van der Waals surface area contributed by atoms with Crippen molar-refractivity contribution in [2.45, 2.75) is 4.90 Å². The predicted octanol–water partition coefficient (Wildman–Crippen LogP) is 4.12. The van der Waals surface area contributed by atoms with E-state index in [2.05, 4.69) is 0 Å². The van der Waals surface area contributed by atoms with Crippen molar-refractivity contribution >= 4 is 34.6 Å². The summed E-state index contributed by atoms with van der Waals surface area (Å²) in [5.41, 5.74) is 1.49. The van der Waals surface area contributed by atoms with E-state index in [9.17, 15) is 9.59 Å². The van der Waals surface area contributed by atoms with Crippen molar-refractivity contribution in [3.8, 4) is 0 Å². The third-order valence-corrected chi connectivity index (χ3v) is 4.67. The molecule has 3 nitrogen and oxygen atoms in total. The maximum atomic E-state index is 12.5. The van der Waals surface area contributed by atoms with Crippen molar-refractivity contribution in [3.05, 3.63) is 81.0 Å². The van der Waals surface area contributed by atoms with Crippen LogP contribution < -0.4 is 5.43 Å². The Labute approximate surface area is 130 Å². The summed E-state index contributed by atoms with van der Waals surface area (Å²) in [6.45, 7) is 0. The Morgan fingerprint density at radius 2 is 1.73 bits per heavy atom. The van der Waals surface area contributed by atoms with E-state index in [1.165, 1.54) is 18.0 Å². The maximum Gasteiger partial charge on any atom is 0.200 e. The van der Waals surface area contributed by atoms with Gasteiger partial charge < -0.3 is 4.42 Å². The zero-order chi connectivity index (χ0) is 15.1. The second kappa shape index (κ2) is 5.00. The van der Waals surface area contributed by atoms with E-state index < -0.39 is 0 Å². The average Bonchev–Trinajstić information content (AvgIpc) is 2.87. The molecule has 2 heterocycles. The number of hydrogen-bond acceptors (Lipinski definition) is 4. The number of benzene rings is 2. The van der Waals surface area contributed by atoms with Crippen LogP contribution in [0.2, 0.25) is 0 Å². The third kappa shape index (κ3) is 2.00. The second-order valence-corrected chi connectivity index (χ2v) is 6.04. The fourth-order valence-electron chi connectivity index (χ4n) is 2.47. The number of fused-ring (bicyclic) bond motifs is 2. The minimum Gasteiger partial charge on any atom is -0.463 e. The first-order valence-electron chi connectivity index (χ1n) is 6.78. The molecule has 4 rings (SSSR count). The number of Topliss-reactive ketones (excluding diaryl/α,β-unsaturated/α-hetero) is 1. The lowest BCUT2D eigenvalue weighted by Crippen LogP contribution is -2.05. The molecule has 106 valence electrons. The van der Waals surface area contributed by atoms with Gasteiger partial charge in [-0.2, -0.15) is 0 Å². The summed E-state index contributed by atoms with van der Waals surface area (Å²) in [7, 11) is 0. The van der Waals surface area contributed by atoms with Crippen LogP contribution in [-0.4, -0.2) is 5.78 Å². The summed E-state index contributed by atoms with van der Waals surface area (Å²) in [5, 5.41) is 0.518. The Bertz CT molecular complexity index is 998. The molecule has 22 heavy (non-hydrogen) atoms. The highest BCUT2D eigenvalue weighted by Gasteiger charge is 2.25.